The van der Waals surface area contributed by atoms with Gasteiger partial charge in [-0.25, -0.2) is 0 Å². The van der Waals surface area contributed by atoms with Gasteiger partial charge in [0.15, 0.2) is 0 Å². The van der Waals surface area contributed by atoms with Gasteiger partial charge in [0.1, 0.15) is 5.75 Å². The van der Waals surface area contributed by atoms with E-state index in [9.17, 15) is 4.79 Å². The molecular weight excluding hydrogens is 240 g/mol. The lowest BCUT2D eigenvalue weighted by molar-refractivity contribution is -0.116. The predicted octanol–water partition coefficient (Wildman–Crippen LogP) is 1.95. The van der Waals surface area contributed by atoms with Crippen LogP contribution in [0.25, 0.3) is 6.08 Å². The fraction of sp³-hybridized carbons (Fsp3) is 0.400. The van der Waals surface area contributed by atoms with E-state index < -0.39 is 0 Å². The van der Waals surface area contributed by atoms with Gasteiger partial charge in [-0.3, -0.25) is 4.79 Å². The number of carbonyl (C=O) groups is 1. The van der Waals surface area contributed by atoms with Gasteiger partial charge in [0, 0.05) is 12.6 Å². The monoisotopic (exact) mass is 262 g/mol. The van der Waals surface area contributed by atoms with Crippen LogP contribution in [0.15, 0.2) is 30.3 Å². The summed E-state index contributed by atoms with van der Waals surface area (Å²) in [6, 6.07) is 7.64. The molecular formula is C15H22N2O2. The lowest BCUT2D eigenvalue weighted by Crippen LogP contribution is -2.23. The number of nitrogens with two attached hydrogens (primary N) is 1. The van der Waals surface area contributed by atoms with Crippen molar-refractivity contribution < 1.29 is 9.53 Å². The molecule has 0 aliphatic carbocycles. The highest BCUT2D eigenvalue weighted by molar-refractivity contribution is 5.91. The van der Waals surface area contributed by atoms with Crippen LogP contribution in [0.1, 0.15) is 25.8 Å². The van der Waals surface area contributed by atoms with E-state index in [0.717, 1.165) is 17.7 Å². The summed E-state index contributed by atoms with van der Waals surface area (Å²) in [4.78, 5) is 11.5. The number of hydrogen-bond donors (Lipinski definition) is 2. The minimum atomic E-state index is -0.108. The molecule has 0 saturated carbocycles. The molecule has 4 heteroatoms. The zero-order chi connectivity index (χ0) is 14.1. The summed E-state index contributed by atoms with van der Waals surface area (Å²) in [6.45, 7) is 5.15. The summed E-state index contributed by atoms with van der Waals surface area (Å²) in [6.07, 6.45) is 4.21. The number of ether oxygens (including phenoxy) is 1. The van der Waals surface area contributed by atoms with Crippen molar-refractivity contribution in [1.82, 2.24) is 5.32 Å². The Balaban J connectivity index is 2.53. The van der Waals surface area contributed by atoms with Gasteiger partial charge in [0.05, 0.1) is 6.10 Å². The van der Waals surface area contributed by atoms with Gasteiger partial charge < -0.3 is 15.8 Å². The Morgan fingerprint density at radius 1 is 1.47 bits per heavy atom. The molecule has 1 aromatic rings. The summed E-state index contributed by atoms with van der Waals surface area (Å²) < 4.78 is 5.59. The molecule has 19 heavy (non-hydrogen) atoms. The Morgan fingerprint density at radius 2 is 2.26 bits per heavy atom. The van der Waals surface area contributed by atoms with E-state index in [4.69, 9.17) is 10.5 Å². The van der Waals surface area contributed by atoms with Crippen molar-refractivity contribution >= 4 is 12.0 Å². The number of carbonyl (C=O) groups excluding carboxylic acids is 1. The van der Waals surface area contributed by atoms with Crippen LogP contribution in [0.4, 0.5) is 0 Å². The van der Waals surface area contributed by atoms with Crippen LogP contribution in [0.5, 0.6) is 5.75 Å². The van der Waals surface area contributed by atoms with Crippen molar-refractivity contribution in [2.24, 2.45) is 5.73 Å². The predicted molar refractivity (Wildman–Crippen MR) is 77.9 cm³/mol. The fourth-order valence-electron chi connectivity index (χ4n) is 1.51. The van der Waals surface area contributed by atoms with E-state index in [0.29, 0.717) is 13.1 Å². The maximum Gasteiger partial charge on any atom is 0.243 e. The highest BCUT2D eigenvalue weighted by atomic mass is 16.5. The maximum atomic E-state index is 11.5. The molecule has 4 nitrogen and oxygen atoms in total. The average molecular weight is 262 g/mol. The van der Waals surface area contributed by atoms with E-state index in [1.54, 1.807) is 6.08 Å². The van der Waals surface area contributed by atoms with Crippen molar-refractivity contribution in [2.75, 3.05) is 13.1 Å². The van der Waals surface area contributed by atoms with Gasteiger partial charge in [-0.2, -0.15) is 0 Å². The fourth-order valence-corrected chi connectivity index (χ4v) is 1.51. The molecule has 0 aromatic heterocycles. The highest BCUT2D eigenvalue weighted by Gasteiger charge is 1.98. The third-order valence-corrected chi connectivity index (χ3v) is 2.34. The first-order chi connectivity index (χ1) is 9.11. The SMILES string of the molecule is CC(C)Oc1cccc(/C=C/C(=O)NCCCN)c1. The number of benzene rings is 1. The summed E-state index contributed by atoms with van der Waals surface area (Å²) in [5.74, 6) is 0.698. The van der Waals surface area contributed by atoms with Crippen molar-refractivity contribution in [3.8, 4) is 5.75 Å². The summed E-state index contributed by atoms with van der Waals surface area (Å²) >= 11 is 0. The van der Waals surface area contributed by atoms with Crippen LogP contribution in [0.3, 0.4) is 0 Å². The first-order valence-electron chi connectivity index (χ1n) is 6.54. The van der Waals surface area contributed by atoms with Crippen molar-refractivity contribution in [2.45, 2.75) is 26.4 Å². The second kappa shape index (κ2) is 8.32. The third-order valence-electron chi connectivity index (χ3n) is 2.34. The molecule has 0 heterocycles. The van der Waals surface area contributed by atoms with Crippen molar-refractivity contribution in [1.29, 1.82) is 0 Å². The minimum absolute atomic E-state index is 0.108. The second-order valence-electron chi connectivity index (χ2n) is 4.51. The molecule has 1 rings (SSSR count). The van der Waals surface area contributed by atoms with E-state index >= 15 is 0 Å². The Morgan fingerprint density at radius 3 is 2.95 bits per heavy atom. The zero-order valence-corrected chi connectivity index (χ0v) is 11.6. The molecule has 0 spiro atoms. The highest BCUT2D eigenvalue weighted by Crippen LogP contribution is 2.15. The molecule has 1 aromatic carbocycles. The normalized spacial score (nSPS) is 10.9. The van der Waals surface area contributed by atoms with E-state index in [-0.39, 0.29) is 12.0 Å². The second-order valence-corrected chi connectivity index (χ2v) is 4.51. The topological polar surface area (TPSA) is 64.3 Å². The molecule has 0 bridgehead atoms. The number of nitrogens with one attached hydrogen (secondary N) is 1. The molecule has 0 fully saturated rings. The maximum absolute atomic E-state index is 11.5. The molecule has 3 N–H and O–H groups in total. The first-order valence-corrected chi connectivity index (χ1v) is 6.54. The molecule has 0 aliphatic heterocycles. The Kier molecular flexibility index (Phi) is 6.68. The van der Waals surface area contributed by atoms with Crippen molar-refractivity contribution in [3.63, 3.8) is 0 Å². The Hall–Kier alpha value is -1.81. The van der Waals surface area contributed by atoms with Crippen LogP contribution in [-0.4, -0.2) is 25.1 Å². The molecule has 0 aliphatic rings. The largest absolute Gasteiger partial charge is 0.491 e. The molecule has 0 radical (unpaired) electrons. The van der Waals surface area contributed by atoms with E-state index in [1.165, 1.54) is 6.08 Å². The lowest BCUT2D eigenvalue weighted by Gasteiger charge is -2.09. The number of amides is 1. The van der Waals surface area contributed by atoms with Crippen LogP contribution in [0.2, 0.25) is 0 Å². The molecule has 1 amide bonds. The van der Waals surface area contributed by atoms with Gasteiger partial charge in [-0.15, -0.1) is 0 Å². The van der Waals surface area contributed by atoms with Crippen LogP contribution >= 0.6 is 0 Å². The summed E-state index contributed by atoms with van der Waals surface area (Å²) in [7, 11) is 0. The Labute approximate surface area is 114 Å². The number of hydrogen-bond acceptors (Lipinski definition) is 3. The van der Waals surface area contributed by atoms with Gasteiger partial charge >= 0.3 is 0 Å². The van der Waals surface area contributed by atoms with Crippen LogP contribution < -0.4 is 15.8 Å². The first kappa shape index (κ1) is 15.2. The van der Waals surface area contributed by atoms with Crippen LogP contribution in [0, 0.1) is 0 Å². The minimum Gasteiger partial charge on any atom is -0.491 e. The Bertz CT molecular complexity index is 428. The molecule has 0 saturated heterocycles. The van der Waals surface area contributed by atoms with Gasteiger partial charge in [0.25, 0.3) is 0 Å². The van der Waals surface area contributed by atoms with E-state index in [2.05, 4.69) is 5.32 Å². The van der Waals surface area contributed by atoms with E-state index in [1.807, 2.05) is 38.1 Å². The molecule has 104 valence electrons. The smallest absolute Gasteiger partial charge is 0.243 e. The summed E-state index contributed by atoms with van der Waals surface area (Å²) in [5.41, 5.74) is 6.29. The van der Waals surface area contributed by atoms with Gasteiger partial charge in [0.2, 0.25) is 5.91 Å². The van der Waals surface area contributed by atoms with Crippen molar-refractivity contribution in [3.05, 3.63) is 35.9 Å². The molecule has 0 unspecified atom stereocenters. The average Bonchev–Trinajstić information content (AvgIpc) is 2.36. The lowest BCUT2D eigenvalue weighted by atomic mass is 10.2. The van der Waals surface area contributed by atoms with Crippen LogP contribution in [-0.2, 0) is 4.79 Å². The molecule has 0 atom stereocenters. The van der Waals surface area contributed by atoms with Gasteiger partial charge in [-0.05, 0) is 50.6 Å². The van der Waals surface area contributed by atoms with Gasteiger partial charge in [-0.1, -0.05) is 12.1 Å². The summed E-state index contributed by atoms with van der Waals surface area (Å²) in [5, 5.41) is 2.76. The quantitative estimate of drug-likeness (QED) is 0.583. The standard InChI is InChI=1S/C15H22N2O2/c1-12(2)19-14-6-3-5-13(11-14)7-8-15(18)17-10-4-9-16/h3,5-8,11-12H,4,9-10,16H2,1-2H3,(H,17,18)/b8-7+. The number of rotatable bonds is 7. The zero-order valence-electron chi connectivity index (χ0n) is 11.6. The third kappa shape index (κ3) is 6.62.